The van der Waals surface area contributed by atoms with E-state index in [2.05, 4.69) is 0 Å². The van der Waals surface area contributed by atoms with E-state index in [1.165, 1.54) is 25.1 Å². The Morgan fingerprint density at radius 3 is 2.64 bits per heavy atom. The van der Waals surface area contributed by atoms with Gasteiger partial charge >= 0.3 is 5.97 Å². The monoisotopic (exact) mass is 212 g/mol. The van der Waals surface area contributed by atoms with Crippen molar-refractivity contribution in [2.45, 2.75) is 6.92 Å². The Balaban J connectivity index is 3.04. The van der Waals surface area contributed by atoms with Gasteiger partial charge in [0.2, 0.25) is 0 Å². The van der Waals surface area contributed by atoms with Crippen molar-refractivity contribution in [3.05, 3.63) is 34.4 Å². The second-order valence-electron chi connectivity index (χ2n) is 2.84. The number of carbonyl (C=O) groups is 1. The lowest BCUT2D eigenvalue weighted by Gasteiger charge is -1.99. The van der Waals surface area contributed by atoms with Gasteiger partial charge in [0, 0.05) is 5.57 Å². The van der Waals surface area contributed by atoms with Crippen molar-refractivity contribution < 1.29 is 15.0 Å². The molecule has 1 rings (SSSR count). The smallest absolute Gasteiger partial charge is 0.331 e. The lowest BCUT2D eigenvalue weighted by Crippen LogP contribution is -1.95. The molecular formula is C10H9ClO3. The van der Waals surface area contributed by atoms with Crippen molar-refractivity contribution in [2.75, 3.05) is 0 Å². The maximum absolute atomic E-state index is 10.5. The van der Waals surface area contributed by atoms with Gasteiger partial charge in [-0.05, 0) is 30.7 Å². The molecule has 0 saturated carbocycles. The first-order valence-electron chi connectivity index (χ1n) is 3.91. The quantitative estimate of drug-likeness (QED) is 0.741. The Kier molecular flexibility index (Phi) is 3.14. The van der Waals surface area contributed by atoms with Crippen LogP contribution in [-0.4, -0.2) is 16.2 Å². The highest BCUT2D eigenvalue weighted by Crippen LogP contribution is 2.24. The molecule has 3 nitrogen and oxygen atoms in total. The van der Waals surface area contributed by atoms with Crippen molar-refractivity contribution in [2.24, 2.45) is 0 Å². The zero-order valence-corrected chi connectivity index (χ0v) is 8.25. The van der Waals surface area contributed by atoms with Gasteiger partial charge in [0.1, 0.15) is 5.75 Å². The van der Waals surface area contributed by atoms with E-state index in [0.717, 1.165) is 0 Å². The van der Waals surface area contributed by atoms with Crippen LogP contribution in [0.3, 0.4) is 0 Å². The minimum atomic E-state index is -0.978. The van der Waals surface area contributed by atoms with Crippen LogP contribution in [0.1, 0.15) is 12.5 Å². The van der Waals surface area contributed by atoms with Gasteiger partial charge in [-0.1, -0.05) is 17.7 Å². The van der Waals surface area contributed by atoms with Gasteiger partial charge in [0.15, 0.2) is 0 Å². The molecule has 0 atom stereocenters. The number of phenolic OH excluding ortho intramolecular Hbond substituents is 1. The van der Waals surface area contributed by atoms with Crippen LogP contribution in [0.2, 0.25) is 5.02 Å². The number of benzene rings is 1. The van der Waals surface area contributed by atoms with Gasteiger partial charge in [-0.25, -0.2) is 4.79 Å². The summed E-state index contributed by atoms with van der Waals surface area (Å²) in [4.78, 5) is 10.5. The van der Waals surface area contributed by atoms with E-state index in [9.17, 15) is 4.79 Å². The molecule has 0 heterocycles. The number of phenols is 1. The van der Waals surface area contributed by atoms with Gasteiger partial charge < -0.3 is 10.2 Å². The number of halogens is 1. The number of hydrogen-bond donors (Lipinski definition) is 2. The summed E-state index contributed by atoms with van der Waals surface area (Å²) in [5, 5.41) is 17.9. The fourth-order valence-electron chi connectivity index (χ4n) is 0.925. The third kappa shape index (κ3) is 2.50. The molecule has 0 aliphatic heterocycles. The summed E-state index contributed by atoms with van der Waals surface area (Å²) < 4.78 is 0. The maximum atomic E-state index is 10.5. The Bertz CT molecular complexity index is 396. The first-order chi connectivity index (χ1) is 6.50. The maximum Gasteiger partial charge on any atom is 0.331 e. The molecule has 0 radical (unpaired) electrons. The molecule has 2 N–H and O–H groups in total. The van der Waals surface area contributed by atoms with Crippen LogP contribution < -0.4 is 0 Å². The molecule has 74 valence electrons. The molecule has 0 amide bonds. The highest BCUT2D eigenvalue weighted by molar-refractivity contribution is 6.32. The number of aliphatic carboxylic acids is 1. The molecule has 0 spiro atoms. The largest absolute Gasteiger partial charge is 0.506 e. The van der Waals surface area contributed by atoms with Crippen molar-refractivity contribution in [3.8, 4) is 5.75 Å². The van der Waals surface area contributed by atoms with Crippen LogP contribution in [0.5, 0.6) is 5.75 Å². The molecule has 4 heteroatoms. The molecule has 0 aliphatic carbocycles. The van der Waals surface area contributed by atoms with Crippen LogP contribution >= 0.6 is 11.6 Å². The van der Waals surface area contributed by atoms with E-state index in [0.29, 0.717) is 5.56 Å². The Morgan fingerprint density at radius 2 is 2.14 bits per heavy atom. The van der Waals surface area contributed by atoms with Gasteiger partial charge in [0.05, 0.1) is 5.02 Å². The summed E-state index contributed by atoms with van der Waals surface area (Å²) in [6.07, 6.45) is 1.48. The Morgan fingerprint density at radius 1 is 1.50 bits per heavy atom. The average Bonchev–Trinajstić information content (AvgIpc) is 2.11. The van der Waals surface area contributed by atoms with Crippen LogP contribution in [0, 0.1) is 0 Å². The first-order valence-corrected chi connectivity index (χ1v) is 4.28. The summed E-state index contributed by atoms with van der Waals surface area (Å²) in [6.45, 7) is 1.49. The van der Waals surface area contributed by atoms with E-state index in [-0.39, 0.29) is 16.3 Å². The average molecular weight is 213 g/mol. The molecule has 14 heavy (non-hydrogen) atoms. The highest BCUT2D eigenvalue weighted by atomic mass is 35.5. The first kappa shape index (κ1) is 10.6. The molecule has 0 saturated heterocycles. The fourth-order valence-corrected chi connectivity index (χ4v) is 1.11. The zero-order valence-electron chi connectivity index (χ0n) is 7.49. The van der Waals surface area contributed by atoms with Crippen molar-refractivity contribution in [1.29, 1.82) is 0 Å². The van der Waals surface area contributed by atoms with Crippen molar-refractivity contribution in [1.82, 2.24) is 0 Å². The van der Waals surface area contributed by atoms with Crippen LogP contribution in [0.25, 0.3) is 6.08 Å². The Labute approximate surface area is 86.3 Å². The topological polar surface area (TPSA) is 57.5 Å². The van der Waals surface area contributed by atoms with Gasteiger partial charge in [-0.2, -0.15) is 0 Å². The second-order valence-corrected chi connectivity index (χ2v) is 3.25. The molecule has 1 aromatic carbocycles. The number of carboxylic acids is 1. The van der Waals surface area contributed by atoms with Gasteiger partial charge in [-0.15, -0.1) is 0 Å². The van der Waals surface area contributed by atoms with E-state index < -0.39 is 5.97 Å². The van der Waals surface area contributed by atoms with E-state index in [1.54, 1.807) is 6.07 Å². The summed E-state index contributed by atoms with van der Waals surface area (Å²) in [5.41, 5.74) is 0.861. The zero-order chi connectivity index (χ0) is 10.7. The van der Waals surface area contributed by atoms with Crippen molar-refractivity contribution in [3.63, 3.8) is 0 Å². The number of aromatic hydroxyl groups is 1. The molecule has 0 unspecified atom stereocenters. The predicted octanol–water partition coefficient (Wildman–Crippen LogP) is 2.53. The summed E-state index contributed by atoms with van der Waals surface area (Å²) in [7, 11) is 0. The van der Waals surface area contributed by atoms with Crippen LogP contribution in [0.4, 0.5) is 0 Å². The summed E-state index contributed by atoms with van der Waals surface area (Å²) in [6, 6.07) is 4.51. The van der Waals surface area contributed by atoms with E-state index in [4.69, 9.17) is 21.8 Å². The molecule has 0 aliphatic rings. The van der Waals surface area contributed by atoms with Gasteiger partial charge in [-0.3, -0.25) is 0 Å². The van der Waals surface area contributed by atoms with Gasteiger partial charge in [0.25, 0.3) is 0 Å². The molecule has 0 bridgehead atoms. The lowest BCUT2D eigenvalue weighted by molar-refractivity contribution is -0.132. The van der Waals surface area contributed by atoms with E-state index in [1.807, 2.05) is 0 Å². The van der Waals surface area contributed by atoms with Crippen molar-refractivity contribution >= 4 is 23.6 Å². The number of carboxylic acid groups (broad SMARTS) is 1. The normalized spacial score (nSPS) is 11.4. The van der Waals surface area contributed by atoms with E-state index >= 15 is 0 Å². The predicted molar refractivity (Wildman–Crippen MR) is 54.4 cm³/mol. The van der Waals surface area contributed by atoms with Crippen LogP contribution in [0.15, 0.2) is 23.8 Å². The second kappa shape index (κ2) is 4.15. The minimum absolute atomic E-state index is 0.0169. The third-order valence-corrected chi connectivity index (χ3v) is 1.99. The summed E-state index contributed by atoms with van der Waals surface area (Å²) >= 11 is 5.65. The molecular weight excluding hydrogens is 204 g/mol. The molecule has 0 fully saturated rings. The number of rotatable bonds is 2. The molecule has 1 aromatic rings. The lowest BCUT2D eigenvalue weighted by atomic mass is 10.1. The Hall–Kier alpha value is -1.48. The minimum Gasteiger partial charge on any atom is -0.506 e. The molecule has 0 aromatic heterocycles. The standard InChI is InChI=1S/C10H9ClO3/c1-6(10(13)14)4-7-2-3-9(12)8(11)5-7/h2-5,12H,1H3,(H,13,14)/b6-4+. The third-order valence-electron chi connectivity index (χ3n) is 1.69. The number of hydrogen-bond acceptors (Lipinski definition) is 2. The highest BCUT2D eigenvalue weighted by Gasteiger charge is 2.02. The summed E-state index contributed by atoms with van der Waals surface area (Å²) in [5.74, 6) is -0.994. The SMILES string of the molecule is C/C(=C\c1ccc(O)c(Cl)c1)C(=O)O. The fraction of sp³-hybridized carbons (Fsp3) is 0.100. The van der Waals surface area contributed by atoms with Crippen LogP contribution in [-0.2, 0) is 4.79 Å².